The molecule has 0 aliphatic rings. The van der Waals surface area contributed by atoms with Crippen molar-refractivity contribution in [1.82, 2.24) is 0 Å². The molecule has 0 aliphatic heterocycles. The van der Waals surface area contributed by atoms with Gasteiger partial charge in [0.25, 0.3) is 0 Å². The molecular weight excluding hydrogens is 276 g/mol. The second-order valence-corrected chi connectivity index (χ2v) is 6.57. The Kier molecular flexibility index (Phi) is 8.55. The van der Waals surface area contributed by atoms with E-state index < -0.39 is 0 Å². The number of rotatable bonds is 11. The minimum absolute atomic E-state index is 1.23. The second kappa shape index (κ2) is 11.0. The first kappa shape index (κ1) is 17.8. The fraction of sp³-hybridized carbons (Fsp3) is 0.478. The summed E-state index contributed by atoms with van der Waals surface area (Å²) in [6.45, 7) is 2.11. The molecule has 0 heterocycles. The number of benzene rings is 2. The summed E-state index contributed by atoms with van der Waals surface area (Å²) in [4.78, 5) is 0. The summed E-state index contributed by atoms with van der Waals surface area (Å²) in [6, 6.07) is 15.5. The number of aryl methyl sites for hydroxylation is 1. The van der Waals surface area contributed by atoms with Crippen LogP contribution in [0.25, 0.3) is 10.8 Å². The molecule has 2 aromatic carbocycles. The van der Waals surface area contributed by atoms with E-state index in [4.69, 9.17) is 0 Å². The predicted molar refractivity (Wildman–Crippen MR) is 104 cm³/mol. The number of hydrogen-bond donors (Lipinski definition) is 0. The molecule has 0 fully saturated rings. The maximum atomic E-state index is 2.30. The molecule has 0 unspecified atom stereocenters. The first-order valence-corrected chi connectivity index (χ1v) is 9.49. The molecule has 2 aromatic rings. The van der Waals surface area contributed by atoms with Gasteiger partial charge in [-0.2, -0.15) is 0 Å². The number of fused-ring (bicyclic) bond motifs is 1. The molecule has 0 atom stereocenters. The molecule has 0 spiro atoms. The van der Waals surface area contributed by atoms with Gasteiger partial charge in [0, 0.05) is 0 Å². The fourth-order valence-corrected chi connectivity index (χ4v) is 3.32. The molecule has 2 rings (SSSR count). The van der Waals surface area contributed by atoms with Gasteiger partial charge in [0.1, 0.15) is 0 Å². The van der Waals surface area contributed by atoms with Gasteiger partial charge in [0.05, 0.1) is 0 Å². The fourth-order valence-electron chi connectivity index (χ4n) is 3.32. The Hall–Kier alpha value is -1.56. The van der Waals surface area contributed by atoms with E-state index in [0.717, 1.165) is 0 Å². The summed E-state index contributed by atoms with van der Waals surface area (Å²) in [5.74, 6) is 0. The molecule has 0 heteroatoms. The van der Waals surface area contributed by atoms with Crippen molar-refractivity contribution < 1.29 is 0 Å². The van der Waals surface area contributed by atoms with Crippen LogP contribution >= 0.6 is 0 Å². The molecule has 0 radical (unpaired) electrons. The lowest BCUT2D eigenvalue weighted by Crippen LogP contribution is -1.88. The lowest BCUT2D eigenvalue weighted by atomic mass is 9.99. The lowest BCUT2D eigenvalue weighted by molar-refractivity contribution is 0.569. The highest BCUT2D eigenvalue weighted by Gasteiger charge is 2.00. The minimum Gasteiger partial charge on any atom is -0.0917 e. The van der Waals surface area contributed by atoms with Gasteiger partial charge in [-0.05, 0) is 48.9 Å². The molecular formula is C23H32. The van der Waals surface area contributed by atoms with E-state index in [-0.39, 0.29) is 0 Å². The number of allylic oxidation sites excluding steroid dienone is 2. The standard InChI is InChI=1S/C23H32/c1-2-3-4-5-6-7-8-9-10-11-12-16-21-18-15-19-22-17-13-14-20-23(21)22/h2-3,13-15,17-20H,4-12,16H2,1H3/b3-2+. The van der Waals surface area contributed by atoms with Gasteiger partial charge in [-0.15, -0.1) is 0 Å². The quantitative estimate of drug-likeness (QED) is 0.298. The van der Waals surface area contributed by atoms with Gasteiger partial charge in [0.2, 0.25) is 0 Å². The topological polar surface area (TPSA) is 0 Å². The van der Waals surface area contributed by atoms with E-state index in [1.807, 2.05) is 0 Å². The summed E-state index contributed by atoms with van der Waals surface area (Å²) >= 11 is 0. The van der Waals surface area contributed by atoms with Crippen molar-refractivity contribution in [2.75, 3.05) is 0 Å². The molecule has 124 valence electrons. The Balaban J connectivity index is 1.55. The van der Waals surface area contributed by atoms with E-state index in [2.05, 4.69) is 61.5 Å². The summed E-state index contributed by atoms with van der Waals surface area (Å²) in [5, 5.41) is 2.82. The van der Waals surface area contributed by atoms with Crippen molar-refractivity contribution in [1.29, 1.82) is 0 Å². The van der Waals surface area contributed by atoms with Crippen LogP contribution < -0.4 is 0 Å². The third kappa shape index (κ3) is 6.60. The Labute approximate surface area is 142 Å². The third-order valence-electron chi connectivity index (χ3n) is 4.68. The maximum Gasteiger partial charge on any atom is -0.0152 e. The van der Waals surface area contributed by atoms with Gasteiger partial charge < -0.3 is 0 Å². The average molecular weight is 309 g/mol. The van der Waals surface area contributed by atoms with E-state index in [1.165, 1.54) is 80.5 Å². The van der Waals surface area contributed by atoms with Crippen LogP contribution in [-0.4, -0.2) is 0 Å². The molecule has 0 N–H and O–H groups in total. The van der Waals surface area contributed by atoms with Crippen LogP contribution in [0.15, 0.2) is 54.6 Å². The Morgan fingerprint density at radius 3 is 2.13 bits per heavy atom. The third-order valence-corrected chi connectivity index (χ3v) is 4.68. The summed E-state index contributed by atoms with van der Waals surface area (Å²) in [7, 11) is 0. The van der Waals surface area contributed by atoms with Crippen LogP contribution in [0, 0.1) is 0 Å². The van der Waals surface area contributed by atoms with Crippen LogP contribution in [0.3, 0.4) is 0 Å². The van der Waals surface area contributed by atoms with Crippen molar-refractivity contribution in [3.05, 3.63) is 60.2 Å². The van der Waals surface area contributed by atoms with Crippen molar-refractivity contribution in [3.63, 3.8) is 0 Å². The first-order chi connectivity index (χ1) is 11.4. The molecule has 0 nitrogen and oxygen atoms in total. The largest absolute Gasteiger partial charge is 0.0917 e. The minimum atomic E-state index is 1.23. The van der Waals surface area contributed by atoms with E-state index in [0.29, 0.717) is 0 Å². The molecule has 0 amide bonds. The number of unbranched alkanes of at least 4 members (excludes halogenated alkanes) is 8. The molecule has 0 saturated carbocycles. The van der Waals surface area contributed by atoms with Gasteiger partial charge in [-0.25, -0.2) is 0 Å². The van der Waals surface area contributed by atoms with E-state index >= 15 is 0 Å². The predicted octanol–water partition coefficient (Wildman–Crippen LogP) is 7.47. The van der Waals surface area contributed by atoms with Crippen molar-refractivity contribution >= 4 is 10.8 Å². The summed E-state index contributed by atoms with van der Waals surface area (Å²) in [5.41, 5.74) is 1.52. The zero-order valence-corrected chi connectivity index (χ0v) is 14.8. The molecule has 0 saturated heterocycles. The highest BCUT2D eigenvalue weighted by molar-refractivity contribution is 5.85. The Morgan fingerprint density at radius 2 is 1.35 bits per heavy atom. The molecule has 23 heavy (non-hydrogen) atoms. The van der Waals surface area contributed by atoms with Gasteiger partial charge in [-0.1, -0.05) is 93.1 Å². The van der Waals surface area contributed by atoms with Gasteiger partial charge in [-0.3, -0.25) is 0 Å². The zero-order valence-electron chi connectivity index (χ0n) is 14.8. The Morgan fingerprint density at radius 1 is 0.696 bits per heavy atom. The highest BCUT2D eigenvalue weighted by Crippen LogP contribution is 2.20. The van der Waals surface area contributed by atoms with Crippen LogP contribution in [-0.2, 0) is 6.42 Å². The SMILES string of the molecule is C/C=C/CCCCCCCCCCc1cccc2ccccc12. The average Bonchev–Trinajstić information content (AvgIpc) is 2.60. The summed E-state index contributed by atoms with van der Waals surface area (Å²) in [6.07, 6.45) is 18.1. The van der Waals surface area contributed by atoms with Crippen LogP contribution in [0.4, 0.5) is 0 Å². The molecule has 0 aliphatic carbocycles. The summed E-state index contributed by atoms with van der Waals surface area (Å²) < 4.78 is 0. The van der Waals surface area contributed by atoms with Crippen LogP contribution in [0.1, 0.15) is 70.3 Å². The van der Waals surface area contributed by atoms with Crippen molar-refractivity contribution in [3.8, 4) is 0 Å². The van der Waals surface area contributed by atoms with Crippen LogP contribution in [0.2, 0.25) is 0 Å². The maximum absolute atomic E-state index is 2.30. The van der Waals surface area contributed by atoms with E-state index in [1.54, 1.807) is 0 Å². The van der Waals surface area contributed by atoms with Gasteiger partial charge in [0.15, 0.2) is 0 Å². The molecule has 0 aromatic heterocycles. The smallest absolute Gasteiger partial charge is 0.0152 e. The first-order valence-electron chi connectivity index (χ1n) is 9.49. The van der Waals surface area contributed by atoms with Crippen molar-refractivity contribution in [2.24, 2.45) is 0 Å². The second-order valence-electron chi connectivity index (χ2n) is 6.57. The zero-order chi connectivity index (χ0) is 16.2. The Bertz CT molecular complexity index is 574. The normalized spacial score (nSPS) is 11.5. The van der Waals surface area contributed by atoms with E-state index in [9.17, 15) is 0 Å². The van der Waals surface area contributed by atoms with Crippen LogP contribution in [0.5, 0.6) is 0 Å². The highest BCUT2D eigenvalue weighted by atomic mass is 14.0. The molecule has 0 bridgehead atoms. The lowest BCUT2D eigenvalue weighted by Gasteiger charge is -2.06. The monoisotopic (exact) mass is 308 g/mol. The van der Waals surface area contributed by atoms with Gasteiger partial charge >= 0.3 is 0 Å². The number of hydrogen-bond acceptors (Lipinski definition) is 0. The van der Waals surface area contributed by atoms with Crippen molar-refractivity contribution in [2.45, 2.75) is 71.1 Å².